The molecule has 0 atom stereocenters. The minimum Gasteiger partial charge on any atom is -0.252 e. The van der Waals surface area contributed by atoms with Crippen LogP contribution in [0.5, 0.6) is 0 Å². The van der Waals surface area contributed by atoms with E-state index in [1.165, 1.54) is 11.3 Å². The van der Waals surface area contributed by atoms with Crippen molar-refractivity contribution < 1.29 is 0 Å². The molecule has 0 aliphatic rings. The van der Waals surface area contributed by atoms with Crippen molar-refractivity contribution in [3.8, 4) is 9.88 Å². The van der Waals surface area contributed by atoms with Gasteiger partial charge < -0.3 is 0 Å². The van der Waals surface area contributed by atoms with Crippen LogP contribution in [-0.4, -0.2) is 15.2 Å². The molecule has 0 amide bonds. The second kappa shape index (κ2) is 3.47. The Balaban J connectivity index is 2.35. The normalized spacial score (nSPS) is 10.4. The molecule has 0 radical (unpaired) electrons. The van der Waals surface area contributed by atoms with Crippen LogP contribution in [0.2, 0.25) is 0 Å². The molecule has 0 aromatic carbocycles. The molecule has 2 aromatic heterocycles. The molecule has 2 heterocycles. The summed E-state index contributed by atoms with van der Waals surface area (Å²) in [6.07, 6.45) is 1.78. The van der Waals surface area contributed by atoms with Gasteiger partial charge in [0.05, 0.1) is 16.3 Å². The van der Waals surface area contributed by atoms with Gasteiger partial charge in [-0.1, -0.05) is 11.3 Å². The third-order valence-corrected chi connectivity index (χ3v) is 3.50. The fraction of sp³-hybridized carbons (Fsp3) is 0.167. The summed E-state index contributed by atoms with van der Waals surface area (Å²) in [7, 11) is 0. The van der Waals surface area contributed by atoms with E-state index in [4.69, 9.17) is 11.6 Å². The maximum absolute atomic E-state index is 5.60. The van der Waals surface area contributed by atoms with Crippen LogP contribution in [0.3, 0.4) is 0 Å². The highest BCUT2D eigenvalue weighted by atomic mass is 35.5. The minimum atomic E-state index is 0.427. The van der Waals surface area contributed by atoms with Crippen molar-refractivity contribution in [2.24, 2.45) is 0 Å². The van der Waals surface area contributed by atoms with Gasteiger partial charge in [0.15, 0.2) is 5.01 Å². The third kappa shape index (κ3) is 1.48. The summed E-state index contributed by atoms with van der Waals surface area (Å²) in [4.78, 5) is 5.00. The van der Waals surface area contributed by atoms with Crippen molar-refractivity contribution in [2.75, 3.05) is 0 Å². The quantitative estimate of drug-likeness (QED) is 0.726. The van der Waals surface area contributed by atoms with Gasteiger partial charge >= 0.3 is 0 Å². The van der Waals surface area contributed by atoms with Crippen LogP contribution in [0, 0.1) is 0 Å². The van der Waals surface area contributed by atoms with Crippen LogP contribution in [0.4, 0.5) is 0 Å². The van der Waals surface area contributed by atoms with E-state index in [2.05, 4.69) is 15.2 Å². The molecule has 0 N–H and O–H groups in total. The molecule has 3 nitrogen and oxygen atoms in total. The lowest BCUT2D eigenvalue weighted by atomic mass is 10.6. The number of rotatable bonds is 2. The molecule has 0 spiro atoms. The first-order chi connectivity index (χ1) is 5.90. The summed E-state index contributed by atoms with van der Waals surface area (Å²) < 4.78 is 0. The van der Waals surface area contributed by atoms with Crippen LogP contribution in [0.25, 0.3) is 9.88 Å². The lowest BCUT2D eigenvalue weighted by Crippen LogP contribution is -1.73. The molecule has 0 saturated heterocycles. The predicted octanol–water partition coefficient (Wildman–Crippen LogP) is 2.40. The van der Waals surface area contributed by atoms with E-state index in [1.807, 2.05) is 0 Å². The molecule has 2 aromatic rings. The highest BCUT2D eigenvalue weighted by Crippen LogP contribution is 2.26. The molecule has 6 heteroatoms. The fourth-order valence-electron chi connectivity index (χ4n) is 0.729. The number of aromatic nitrogens is 3. The fourth-order valence-corrected chi connectivity index (χ4v) is 2.31. The molecule has 62 valence electrons. The Labute approximate surface area is 82.1 Å². The van der Waals surface area contributed by atoms with Crippen molar-refractivity contribution in [3.63, 3.8) is 0 Å². The standard InChI is InChI=1S/C6H4ClN3S2/c7-1-5-9-10-6(12-5)4-2-8-3-11-4/h2-3H,1H2. The van der Waals surface area contributed by atoms with Crippen molar-refractivity contribution in [1.82, 2.24) is 15.2 Å². The van der Waals surface area contributed by atoms with Crippen LogP contribution in [0.15, 0.2) is 11.7 Å². The molecular weight excluding hydrogens is 214 g/mol. The van der Waals surface area contributed by atoms with E-state index >= 15 is 0 Å². The number of hydrogen-bond acceptors (Lipinski definition) is 5. The predicted molar refractivity (Wildman–Crippen MR) is 50.6 cm³/mol. The van der Waals surface area contributed by atoms with Gasteiger partial charge in [0.2, 0.25) is 0 Å². The number of alkyl halides is 1. The summed E-state index contributed by atoms with van der Waals surface area (Å²) in [6, 6.07) is 0. The average molecular weight is 218 g/mol. The Bertz CT molecular complexity index is 357. The summed E-state index contributed by atoms with van der Waals surface area (Å²) in [5, 5.41) is 9.63. The summed E-state index contributed by atoms with van der Waals surface area (Å²) in [6.45, 7) is 0. The van der Waals surface area contributed by atoms with Crippen molar-refractivity contribution >= 4 is 34.3 Å². The zero-order chi connectivity index (χ0) is 8.39. The average Bonchev–Trinajstić information content (AvgIpc) is 2.75. The lowest BCUT2D eigenvalue weighted by Gasteiger charge is -1.81. The first-order valence-corrected chi connectivity index (χ1v) is 5.40. The Morgan fingerprint density at radius 1 is 1.42 bits per heavy atom. The second-order valence-electron chi connectivity index (χ2n) is 2.00. The Kier molecular flexibility index (Phi) is 2.34. The molecule has 0 aliphatic heterocycles. The Morgan fingerprint density at radius 2 is 2.33 bits per heavy atom. The van der Waals surface area contributed by atoms with Gasteiger partial charge in [0, 0.05) is 6.20 Å². The number of hydrogen-bond donors (Lipinski definition) is 0. The van der Waals surface area contributed by atoms with Crippen molar-refractivity contribution in [3.05, 3.63) is 16.7 Å². The highest BCUT2D eigenvalue weighted by Gasteiger charge is 2.06. The van der Waals surface area contributed by atoms with E-state index in [1.54, 1.807) is 23.0 Å². The van der Waals surface area contributed by atoms with Crippen LogP contribution < -0.4 is 0 Å². The molecule has 0 saturated carbocycles. The van der Waals surface area contributed by atoms with Gasteiger partial charge in [-0.05, 0) is 0 Å². The van der Waals surface area contributed by atoms with Crippen LogP contribution >= 0.6 is 34.3 Å². The molecule has 0 unspecified atom stereocenters. The van der Waals surface area contributed by atoms with Crippen molar-refractivity contribution in [1.29, 1.82) is 0 Å². The molecule has 0 aliphatic carbocycles. The van der Waals surface area contributed by atoms with E-state index in [-0.39, 0.29) is 0 Å². The van der Waals surface area contributed by atoms with Gasteiger partial charge in [0.25, 0.3) is 0 Å². The van der Waals surface area contributed by atoms with E-state index in [0.29, 0.717) is 5.88 Å². The topological polar surface area (TPSA) is 38.7 Å². The Hall–Kier alpha value is -0.520. The zero-order valence-electron chi connectivity index (χ0n) is 5.90. The zero-order valence-corrected chi connectivity index (χ0v) is 8.29. The summed E-state index contributed by atoms with van der Waals surface area (Å²) in [5.41, 5.74) is 1.77. The Morgan fingerprint density at radius 3 is 2.92 bits per heavy atom. The van der Waals surface area contributed by atoms with Gasteiger partial charge in [-0.25, -0.2) is 0 Å². The molecule has 2 rings (SSSR count). The minimum absolute atomic E-state index is 0.427. The number of nitrogens with zero attached hydrogens (tertiary/aromatic N) is 3. The monoisotopic (exact) mass is 217 g/mol. The first kappa shape index (κ1) is 8.10. The van der Waals surface area contributed by atoms with Gasteiger partial charge in [-0.15, -0.1) is 33.1 Å². The van der Waals surface area contributed by atoms with Gasteiger partial charge in [0.1, 0.15) is 5.01 Å². The van der Waals surface area contributed by atoms with Crippen molar-refractivity contribution in [2.45, 2.75) is 5.88 Å². The molecule has 0 bridgehead atoms. The second-order valence-corrected chi connectivity index (χ2v) is 4.22. The third-order valence-electron chi connectivity index (χ3n) is 1.22. The van der Waals surface area contributed by atoms with Gasteiger partial charge in [-0.3, -0.25) is 4.98 Å². The van der Waals surface area contributed by atoms with Crippen LogP contribution in [0.1, 0.15) is 5.01 Å². The molecular formula is C6H4ClN3S2. The maximum Gasteiger partial charge on any atom is 0.159 e. The van der Waals surface area contributed by atoms with Crippen LogP contribution in [-0.2, 0) is 5.88 Å². The molecule has 0 fully saturated rings. The largest absolute Gasteiger partial charge is 0.252 e. The highest BCUT2D eigenvalue weighted by molar-refractivity contribution is 7.20. The SMILES string of the molecule is ClCc1nnc(-c2cncs2)s1. The number of halogens is 1. The van der Waals surface area contributed by atoms with E-state index in [9.17, 15) is 0 Å². The summed E-state index contributed by atoms with van der Waals surface area (Å²) in [5.74, 6) is 0.427. The van der Waals surface area contributed by atoms with Gasteiger partial charge in [-0.2, -0.15) is 0 Å². The first-order valence-electron chi connectivity index (χ1n) is 3.17. The lowest BCUT2D eigenvalue weighted by molar-refractivity contribution is 1.04. The maximum atomic E-state index is 5.60. The number of thiazole rings is 1. The van der Waals surface area contributed by atoms with E-state index < -0.39 is 0 Å². The molecule has 12 heavy (non-hydrogen) atoms. The summed E-state index contributed by atoms with van der Waals surface area (Å²) >= 11 is 8.66. The smallest absolute Gasteiger partial charge is 0.159 e. The van der Waals surface area contributed by atoms with E-state index in [0.717, 1.165) is 14.9 Å².